The number of anilines is 2. The van der Waals surface area contributed by atoms with Crippen molar-refractivity contribution in [2.24, 2.45) is 0 Å². The average molecular weight is 414 g/mol. The Morgan fingerprint density at radius 2 is 1.97 bits per heavy atom. The zero-order valence-corrected chi connectivity index (χ0v) is 16.3. The standard InChI is InChI=1S/C20H17ClFN5O2/c1-12-23-19(25-27(12)15-7-4-13(21)5-8-15)20(29)24-14-6-9-17(16(22)11-14)26-10-2-3-18(26)28/h4-9,11H,2-3,10H2,1H3,(H,24,29). The van der Waals surface area contributed by atoms with Gasteiger partial charge in [-0.3, -0.25) is 9.59 Å². The molecule has 0 atom stereocenters. The third kappa shape index (κ3) is 3.84. The van der Waals surface area contributed by atoms with Crippen LogP contribution >= 0.6 is 11.6 Å². The van der Waals surface area contributed by atoms with Crippen molar-refractivity contribution in [2.45, 2.75) is 19.8 Å². The molecule has 1 aliphatic rings. The Kier molecular flexibility index (Phi) is 5.02. The molecule has 1 aliphatic heterocycles. The molecule has 1 fully saturated rings. The van der Waals surface area contributed by atoms with Crippen molar-refractivity contribution in [3.8, 4) is 5.69 Å². The number of carbonyl (C=O) groups excluding carboxylic acids is 2. The van der Waals surface area contributed by atoms with E-state index in [9.17, 15) is 14.0 Å². The van der Waals surface area contributed by atoms with Gasteiger partial charge in [0.05, 0.1) is 11.4 Å². The van der Waals surface area contributed by atoms with Crippen LogP contribution in [0.1, 0.15) is 29.3 Å². The Hall–Kier alpha value is -3.26. The molecule has 1 saturated heterocycles. The first kappa shape index (κ1) is 19.1. The molecule has 0 radical (unpaired) electrons. The molecule has 0 spiro atoms. The highest BCUT2D eigenvalue weighted by atomic mass is 35.5. The quantitative estimate of drug-likeness (QED) is 0.706. The third-order valence-corrected chi connectivity index (χ3v) is 4.86. The van der Waals surface area contributed by atoms with Crippen LogP contribution in [0.3, 0.4) is 0 Å². The summed E-state index contributed by atoms with van der Waals surface area (Å²) in [5, 5.41) is 7.40. The molecular formula is C20H17ClFN5O2. The van der Waals surface area contributed by atoms with Crippen molar-refractivity contribution < 1.29 is 14.0 Å². The van der Waals surface area contributed by atoms with E-state index < -0.39 is 11.7 Å². The number of rotatable bonds is 4. The maximum Gasteiger partial charge on any atom is 0.295 e. The molecule has 0 saturated carbocycles. The molecule has 148 valence electrons. The Balaban J connectivity index is 1.52. The number of halogens is 2. The predicted octanol–water partition coefficient (Wildman–Crippen LogP) is 3.75. The fraction of sp³-hybridized carbons (Fsp3) is 0.200. The number of hydrogen-bond acceptors (Lipinski definition) is 4. The number of hydrogen-bond donors (Lipinski definition) is 1. The predicted molar refractivity (Wildman–Crippen MR) is 107 cm³/mol. The highest BCUT2D eigenvalue weighted by Crippen LogP contribution is 2.27. The third-order valence-electron chi connectivity index (χ3n) is 4.61. The number of nitrogens with one attached hydrogen (secondary N) is 1. The number of aromatic nitrogens is 3. The van der Waals surface area contributed by atoms with Crippen LogP contribution in [0, 0.1) is 12.7 Å². The highest BCUT2D eigenvalue weighted by molar-refractivity contribution is 6.30. The van der Waals surface area contributed by atoms with Gasteiger partial charge in [-0.25, -0.2) is 14.1 Å². The van der Waals surface area contributed by atoms with Gasteiger partial charge in [0, 0.05) is 23.7 Å². The van der Waals surface area contributed by atoms with Crippen LogP contribution in [0.2, 0.25) is 5.02 Å². The van der Waals surface area contributed by atoms with E-state index in [4.69, 9.17) is 11.6 Å². The van der Waals surface area contributed by atoms with Gasteiger partial charge in [-0.2, -0.15) is 0 Å². The molecule has 1 aromatic heterocycles. The van der Waals surface area contributed by atoms with E-state index in [0.29, 0.717) is 35.9 Å². The van der Waals surface area contributed by atoms with Crippen LogP contribution in [-0.2, 0) is 4.79 Å². The van der Waals surface area contributed by atoms with Crippen LogP contribution < -0.4 is 10.2 Å². The first-order valence-electron chi connectivity index (χ1n) is 9.03. The van der Waals surface area contributed by atoms with E-state index in [1.807, 2.05) is 0 Å². The van der Waals surface area contributed by atoms with Crippen LogP contribution in [0.15, 0.2) is 42.5 Å². The summed E-state index contributed by atoms with van der Waals surface area (Å²) < 4.78 is 16.0. The fourth-order valence-corrected chi connectivity index (χ4v) is 3.33. The number of nitrogens with zero attached hydrogens (tertiary/aromatic N) is 4. The smallest absolute Gasteiger partial charge is 0.295 e. The molecule has 0 bridgehead atoms. The van der Waals surface area contributed by atoms with E-state index in [1.165, 1.54) is 21.7 Å². The van der Waals surface area contributed by atoms with E-state index in [-0.39, 0.29) is 23.1 Å². The molecule has 29 heavy (non-hydrogen) atoms. The summed E-state index contributed by atoms with van der Waals surface area (Å²) in [4.78, 5) is 29.9. The summed E-state index contributed by atoms with van der Waals surface area (Å²) in [6.45, 7) is 2.21. The monoisotopic (exact) mass is 413 g/mol. The normalized spacial score (nSPS) is 13.8. The van der Waals surface area contributed by atoms with Crippen molar-refractivity contribution in [2.75, 3.05) is 16.8 Å². The molecule has 0 aliphatic carbocycles. The van der Waals surface area contributed by atoms with Crippen molar-refractivity contribution in [1.82, 2.24) is 14.8 Å². The maximum absolute atomic E-state index is 14.5. The number of carbonyl (C=O) groups is 2. The van der Waals surface area contributed by atoms with Gasteiger partial charge in [0.15, 0.2) is 0 Å². The first-order chi connectivity index (χ1) is 13.9. The number of amides is 2. The zero-order chi connectivity index (χ0) is 20.5. The van der Waals surface area contributed by atoms with Gasteiger partial charge in [0.2, 0.25) is 11.7 Å². The summed E-state index contributed by atoms with van der Waals surface area (Å²) in [7, 11) is 0. The van der Waals surface area contributed by atoms with E-state index in [0.717, 1.165) is 0 Å². The summed E-state index contributed by atoms with van der Waals surface area (Å²) >= 11 is 5.90. The van der Waals surface area contributed by atoms with Gasteiger partial charge < -0.3 is 10.2 Å². The summed E-state index contributed by atoms with van der Waals surface area (Å²) in [6, 6.07) is 11.2. The molecule has 1 N–H and O–H groups in total. The minimum atomic E-state index is -0.575. The topological polar surface area (TPSA) is 80.1 Å². The largest absolute Gasteiger partial charge is 0.319 e. The molecule has 4 rings (SSSR count). The van der Waals surface area contributed by atoms with Gasteiger partial charge in [0.1, 0.15) is 11.6 Å². The second kappa shape index (κ2) is 7.63. The van der Waals surface area contributed by atoms with Crippen LogP contribution in [0.4, 0.5) is 15.8 Å². The van der Waals surface area contributed by atoms with Gasteiger partial charge >= 0.3 is 0 Å². The van der Waals surface area contributed by atoms with Crippen LogP contribution in [0.25, 0.3) is 5.69 Å². The maximum atomic E-state index is 14.5. The van der Waals surface area contributed by atoms with Gasteiger partial charge in [-0.05, 0) is 55.8 Å². The highest BCUT2D eigenvalue weighted by Gasteiger charge is 2.24. The first-order valence-corrected chi connectivity index (χ1v) is 9.41. The Morgan fingerprint density at radius 3 is 2.62 bits per heavy atom. The molecule has 3 aromatic rings. The lowest BCUT2D eigenvalue weighted by Crippen LogP contribution is -2.24. The van der Waals surface area contributed by atoms with Gasteiger partial charge in [-0.1, -0.05) is 11.6 Å². The Labute approximate surface area is 171 Å². The van der Waals surface area contributed by atoms with Crippen LogP contribution in [0.5, 0.6) is 0 Å². The molecule has 2 aromatic carbocycles. The van der Waals surface area contributed by atoms with Crippen molar-refractivity contribution in [1.29, 1.82) is 0 Å². The minimum absolute atomic E-state index is 0.0448. The van der Waals surface area contributed by atoms with E-state index >= 15 is 0 Å². The second-order valence-electron chi connectivity index (χ2n) is 6.64. The molecule has 0 unspecified atom stereocenters. The second-order valence-corrected chi connectivity index (χ2v) is 7.08. The lowest BCUT2D eigenvalue weighted by atomic mass is 10.2. The Bertz CT molecular complexity index is 1100. The lowest BCUT2D eigenvalue weighted by molar-refractivity contribution is -0.117. The van der Waals surface area contributed by atoms with Crippen LogP contribution in [-0.4, -0.2) is 33.1 Å². The number of aryl methyl sites for hydroxylation is 1. The van der Waals surface area contributed by atoms with E-state index in [2.05, 4.69) is 15.4 Å². The van der Waals surface area contributed by atoms with Gasteiger partial charge in [0.25, 0.3) is 5.91 Å². The SMILES string of the molecule is Cc1nc(C(=O)Nc2ccc(N3CCCC3=O)c(F)c2)nn1-c1ccc(Cl)cc1. The summed E-state index contributed by atoms with van der Waals surface area (Å²) in [6.07, 6.45) is 1.12. The molecule has 2 heterocycles. The summed E-state index contributed by atoms with van der Waals surface area (Å²) in [5.41, 5.74) is 1.18. The minimum Gasteiger partial charge on any atom is -0.319 e. The fourth-order valence-electron chi connectivity index (χ4n) is 3.21. The molecule has 7 nitrogen and oxygen atoms in total. The molecular weight excluding hydrogens is 397 g/mol. The van der Waals surface area contributed by atoms with E-state index in [1.54, 1.807) is 37.3 Å². The van der Waals surface area contributed by atoms with Gasteiger partial charge in [-0.15, -0.1) is 5.10 Å². The average Bonchev–Trinajstić information content (AvgIpc) is 3.28. The molecule has 9 heteroatoms. The van der Waals surface area contributed by atoms with Crippen molar-refractivity contribution in [3.05, 3.63) is 65.0 Å². The Morgan fingerprint density at radius 1 is 1.21 bits per heavy atom. The molecule has 2 amide bonds. The number of benzene rings is 2. The zero-order valence-electron chi connectivity index (χ0n) is 15.5. The lowest BCUT2D eigenvalue weighted by Gasteiger charge is -2.17. The van der Waals surface area contributed by atoms with Crippen molar-refractivity contribution in [3.63, 3.8) is 0 Å². The van der Waals surface area contributed by atoms with Crippen molar-refractivity contribution >= 4 is 34.8 Å². The summed E-state index contributed by atoms with van der Waals surface area (Å²) in [5.74, 6) is -0.768.